The van der Waals surface area contributed by atoms with Crippen LogP contribution < -0.4 is 0 Å². The van der Waals surface area contributed by atoms with Crippen LogP contribution in [0.2, 0.25) is 0 Å². The Hall–Kier alpha value is -9.11. The van der Waals surface area contributed by atoms with Gasteiger partial charge in [0.05, 0.1) is 116 Å². The number of aldehydes is 2. The minimum absolute atomic E-state index is 0.00789. The second kappa shape index (κ2) is 64.9. The van der Waals surface area contributed by atoms with E-state index >= 15 is 0 Å². The van der Waals surface area contributed by atoms with Gasteiger partial charge in [-0.25, -0.2) is 28.8 Å². The molecule has 0 fully saturated rings. The molecule has 3 aromatic rings. The molecule has 0 bridgehead atoms. The van der Waals surface area contributed by atoms with Crippen LogP contribution >= 0.6 is 39.5 Å². The predicted molar refractivity (Wildman–Crippen MR) is 452 cm³/mol. The highest BCUT2D eigenvalue weighted by Crippen LogP contribution is 2.45. The number of carbonyl (C=O) groups excluding carboxylic acids is 10. The molecule has 0 saturated heterocycles. The van der Waals surface area contributed by atoms with E-state index in [0.717, 1.165) is 48.1 Å². The molecule has 28 heteroatoms. The SMILES string of the molecule is CCN(CC)CC.COC(=O)C#CC[C@@H]1C=CC[C@@H](C/C=C/C(C)=O)O1.COC(=O)C#CC[C@@H]1C=CC[C@@H](CC=O)O1.COC(=O)C#CC[C@@H]1C=CC[C@@H](COC(=O)c2ccccc2)O1.COP(=O)(CC(C)=O)OC.O=C(OCC[C@@H]1CC=C[C@@H](CC=C(Br)Br)O1)c1ccccc1.O=CC[C@@H]1C=CC[C@@H](CCOC(=O)c2ccccc2)O1. The van der Waals surface area contributed by atoms with Gasteiger partial charge in [0.15, 0.2) is 5.78 Å². The second-order valence-electron chi connectivity index (χ2n) is 25.6. The summed E-state index contributed by atoms with van der Waals surface area (Å²) in [5.74, 6) is 12.4. The molecule has 0 radical (unpaired) electrons. The Morgan fingerprint density at radius 1 is 0.462 bits per heavy atom. The maximum Gasteiger partial charge on any atom is 0.384 e. The maximum absolute atomic E-state index is 11.9. The summed E-state index contributed by atoms with van der Waals surface area (Å²) in [5.41, 5.74) is 1.65. The van der Waals surface area contributed by atoms with E-state index in [0.29, 0.717) is 87.7 Å². The maximum atomic E-state index is 11.9. The number of hydrogen-bond donors (Lipinski definition) is 0. The molecule has 5 aliphatic heterocycles. The number of rotatable bonds is 30. The number of methoxy groups -OCH3 is 3. The highest BCUT2D eigenvalue weighted by molar-refractivity contribution is 9.28. The number of hydrogen-bond acceptors (Lipinski definition) is 25. The normalized spacial score (nSPS) is 19.6. The number of ketones is 2. The van der Waals surface area contributed by atoms with Gasteiger partial charge in [0.2, 0.25) is 0 Å². The van der Waals surface area contributed by atoms with Crippen LogP contribution in [0.3, 0.4) is 0 Å². The number of nitrogens with zero attached hydrogens (tertiary/aromatic N) is 1. The third kappa shape index (κ3) is 51.0. The lowest BCUT2D eigenvalue weighted by molar-refractivity contribution is -0.134. The summed E-state index contributed by atoms with van der Waals surface area (Å²) in [6, 6.07) is 26.7. The number of halogens is 2. The summed E-state index contributed by atoms with van der Waals surface area (Å²) >= 11 is 6.67. The van der Waals surface area contributed by atoms with Crippen LogP contribution in [0.25, 0.3) is 0 Å². The van der Waals surface area contributed by atoms with Crippen LogP contribution in [0.5, 0.6) is 0 Å². The smallest absolute Gasteiger partial charge is 0.384 e. The molecule has 5 heterocycles. The fourth-order valence-electron chi connectivity index (χ4n) is 10.5. The van der Waals surface area contributed by atoms with Crippen LogP contribution in [-0.4, -0.2) is 207 Å². The number of ether oxygens (including phenoxy) is 11. The monoisotopic (exact) mass is 1770 g/mol. The van der Waals surface area contributed by atoms with Gasteiger partial charge in [-0.05, 0) is 153 Å². The Morgan fingerprint density at radius 2 is 0.803 bits per heavy atom. The molecule has 3 aromatic carbocycles. The van der Waals surface area contributed by atoms with Crippen molar-refractivity contribution < 1.29 is 114 Å². The van der Waals surface area contributed by atoms with Gasteiger partial charge in [0.25, 0.3) is 0 Å². The van der Waals surface area contributed by atoms with Crippen molar-refractivity contribution in [2.45, 2.75) is 186 Å². The molecular weight excluding hydrogens is 1660 g/mol. The first kappa shape index (κ1) is 104. The Kier molecular flexibility index (Phi) is 57.7. The molecule has 25 nitrogen and oxygen atoms in total. The first-order valence-electron chi connectivity index (χ1n) is 38.3. The van der Waals surface area contributed by atoms with Crippen molar-refractivity contribution in [2.75, 3.05) is 81.2 Å². The summed E-state index contributed by atoms with van der Waals surface area (Å²) in [7, 11) is 3.29. The molecule has 5 aliphatic rings. The van der Waals surface area contributed by atoms with Gasteiger partial charge in [0.1, 0.15) is 31.1 Å². The van der Waals surface area contributed by atoms with Crippen molar-refractivity contribution >= 4 is 99.4 Å². The molecule has 0 saturated carbocycles. The fourth-order valence-corrected chi connectivity index (χ4v) is 11.8. The zero-order valence-electron chi connectivity index (χ0n) is 68.4. The first-order chi connectivity index (χ1) is 56.4. The fraction of sp³-hybridized carbons (Fsp3) is 0.461. The van der Waals surface area contributed by atoms with Gasteiger partial charge >= 0.3 is 43.4 Å². The van der Waals surface area contributed by atoms with Gasteiger partial charge in [-0.15, -0.1) is 0 Å². The van der Waals surface area contributed by atoms with Crippen molar-refractivity contribution in [1.29, 1.82) is 0 Å². The lowest BCUT2D eigenvalue weighted by atomic mass is 10.1. The highest BCUT2D eigenvalue weighted by Gasteiger charge is 2.25. The molecule has 636 valence electrons. The average Bonchev–Trinajstić information content (AvgIpc) is 0.876. The van der Waals surface area contributed by atoms with Crippen LogP contribution in [0.1, 0.15) is 156 Å². The predicted octanol–water partition coefficient (Wildman–Crippen LogP) is 14.7. The third-order valence-corrected chi connectivity index (χ3v) is 19.2. The van der Waals surface area contributed by atoms with E-state index in [-0.39, 0.29) is 103 Å². The topological polar surface area (TPSA) is 311 Å². The van der Waals surface area contributed by atoms with E-state index in [4.69, 9.17) is 37.9 Å². The van der Waals surface area contributed by atoms with Crippen molar-refractivity contribution in [1.82, 2.24) is 4.90 Å². The number of allylic oxidation sites excluding steroid dienone is 1. The molecule has 0 unspecified atom stereocenters. The van der Waals surface area contributed by atoms with Gasteiger partial charge < -0.3 is 75.6 Å². The first-order valence-corrected chi connectivity index (χ1v) is 41.7. The van der Waals surface area contributed by atoms with Crippen molar-refractivity contribution in [3.63, 3.8) is 0 Å². The number of Topliss-reactive ketones (excluding diaryl/α,β-unsaturated/α-hetero) is 1. The van der Waals surface area contributed by atoms with Crippen LogP contribution in [-0.2, 0) is 99.3 Å². The van der Waals surface area contributed by atoms with E-state index in [1.807, 2.05) is 91.1 Å². The summed E-state index contributed by atoms with van der Waals surface area (Å²) < 4.78 is 78.8. The van der Waals surface area contributed by atoms with Crippen LogP contribution in [0, 0.1) is 35.5 Å². The zero-order valence-corrected chi connectivity index (χ0v) is 72.5. The molecule has 0 amide bonds. The van der Waals surface area contributed by atoms with E-state index in [1.165, 1.54) is 69.0 Å². The molecule has 0 aliphatic carbocycles. The van der Waals surface area contributed by atoms with Gasteiger partial charge in [-0.1, -0.05) is 166 Å². The Bertz CT molecular complexity index is 3920. The van der Waals surface area contributed by atoms with Crippen molar-refractivity contribution in [3.05, 3.63) is 190 Å². The number of benzene rings is 3. The third-order valence-electron chi connectivity index (χ3n) is 16.7. The average molecular weight is 1770 g/mol. The van der Waals surface area contributed by atoms with Crippen LogP contribution in [0.4, 0.5) is 0 Å². The largest absolute Gasteiger partial charge is 0.462 e. The van der Waals surface area contributed by atoms with Gasteiger partial charge in [-0.3, -0.25) is 14.2 Å². The molecule has 0 spiro atoms. The number of esters is 6. The lowest BCUT2D eigenvalue weighted by Gasteiger charge is -2.25. The lowest BCUT2D eigenvalue weighted by Crippen LogP contribution is -2.29. The summed E-state index contributed by atoms with van der Waals surface area (Å²) in [6.07, 6.45) is 34.9. The quantitative estimate of drug-likeness (QED) is 0.00875. The molecule has 0 N–H and O–H groups in total. The molecule has 8 rings (SSSR count). The second-order valence-corrected chi connectivity index (χ2v) is 30.6. The van der Waals surface area contributed by atoms with Crippen molar-refractivity contribution in [2.24, 2.45) is 0 Å². The summed E-state index contributed by atoms with van der Waals surface area (Å²) in [5, 5.41) is 0. The van der Waals surface area contributed by atoms with E-state index in [9.17, 15) is 52.5 Å². The zero-order chi connectivity index (χ0) is 86.3. The van der Waals surface area contributed by atoms with Crippen LogP contribution in [0.15, 0.2) is 173 Å². The summed E-state index contributed by atoms with van der Waals surface area (Å²) in [4.78, 5) is 112. The minimum atomic E-state index is -3.09. The molecular formula is C89H112Br2NO24P. The highest BCUT2D eigenvalue weighted by atomic mass is 79.9. The Labute approximate surface area is 706 Å². The van der Waals surface area contributed by atoms with Crippen molar-refractivity contribution in [3.8, 4) is 35.5 Å². The standard InChI is InChI=1S/C18H18O5.C17H18Br2O3.C16H18O4.C15H18O4.C12H14O4.C6H15N.C5H11O4P/c1-21-17(19)12-6-10-15-9-5-11-16(23-15)13-22-18(20)14-7-3-2-4-8-14;18-16(19)10-9-14-7-4-8-15(22-14)11-12-21-17(20)13-5-2-1-3-6-13;17-11-9-14-7-4-8-15(20-14)10-12-19-16(18)13-5-2-1-3-6-13;1-12(16)6-3-7-13-8-4-9-14(19-13)10-5-11-15(17)18-2;1-15-12(14)7-3-6-10-4-2-5-11(16-10)8-9-13;1-4-7(5-2)6-3;1-5(6)4-10(7,8-2)9-3/h2-5,7-9,15-16H,10-11,13H2,1H3;1-7,10,14-15H,8-9,11-12H2;1-7,11,14-15H,8-10,12H2;3-4,6,9,13-14H,7-8,10H2,1-2H3;2,4,9-11H,5-6,8H2,1H3;4-6H2,1-3H3;4H2,1-3H3/b;;;6-3+;;;/t15-,16-;2*14-,15-;13-,14+;10-,11-;;/m00010../s1. The minimum Gasteiger partial charge on any atom is -0.462 e. The van der Waals surface area contributed by atoms with E-state index < -0.39 is 25.5 Å². The van der Waals surface area contributed by atoms with E-state index in [1.54, 1.807) is 66.7 Å². The molecule has 117 heavy (non-hydrogen) atoms. The Morgan fingerprint density at radius 3 is 1.14 bits per heavy atom. The summed E-state index contributed by atoms with van der Waals surface area (Å²) in [6.45, 7) is 13.9. The Balaban J connectivity index is 0.000000474. The molecule has 10 atom stereocenters. The number of carbonyl (C=O) groups is 10. The van der Waals surface area contributed by atoms with E-state index in [2.05, 4.69) is 128 Å². The molecule has 0 aromatic heterocycles. The van der Waals surface area contributed by atoms with Gasteiger partial charge in [-0.2, -0.15) is 0 Å². The van der Waals surface area contributed by atoms with Gasteiger partial charge in [0, 0.05) is 76.9 Å².